The first-order valence-corrected chi connectivity index (χ1v) is 9.84. The molecular weight excluding hydrogens is 372 g/mol. The molecule has 2 atom stereocenters. The minimum absolute atomic E-state index is 0.0847. The van der Waals surface area contributed by atoms with Gasteiger partial charge in [-0.25, -0.2) is 0 Å². The first kappa shape index (κ1) is 18.5. The molecule has 1 aromatic heterocycles. The van der Waals surface area contributed by atoms with Gasteiger partial charge in [-0.15, -0.1) is 23.1 Å². The zero-order valence-corrected chi connectivity index (χ0v) is 15.7. The van der Waals surface area contributed by atoms with E-state index in [0.717, 1.165) is 15.5 Å². The second-order valence-corrected chi connectivity index (χ2v) is 7.99. The van der Waals surface area contributed by atoms with Gasteiger partial charge in [-0.05, 0) is 30.5 Å². The van der Waals surface area contributed by atoms with Crippen LogP contribution in [0.25, 0.3) is 0 Å². The molecule has 0 unspecified atom stereocenters. The van der Waals surface area contributed by atoms with E-state index in [4.69, 9.17) is 4.74 Å². The number of nitrogens with one attached hydrogen (secondary N) is 2. The van der Waals surface area contributed by atoms with Gasteiger partial charge in [0.2, 0.25) is 5.91 Å². The van der Waals surface area contributed by atoms with Crippen LogP contribution in [0.3, 0.4) is 0 Å². The summed E-state index contributed by atoms with van der Waals surface area (Å²) in [5.74, 6) is -1.18. The summed E-state index contributed by atoms with van der Waals surface area (Å²) in [4.78, 5) is 37.9. The van der Waals surface area contributed by atoms with E-state index >= 15 is 0 Å². The van der Waals surface area contributed by atoms with Crippen LogP contribution >= 0.6 is 23.1 Å². The Morgan fingerprint density at radius 2 is 2.08 bits per heavy atom. The first-order chi connectivity index (χ1) is 12.5. The minimum atomic E-state index is -0.573. The highest BCUT2D eigenvalue weighted by atomic mass is 32.2. The van der Waals surface area contributed by atoms with E-state index in [9.17, 15) is 14.4 Å². The van der Waals surface area contributed by atoms with Crippen molar-refractivity contribution in [1.29, 1.82) is 0 Å². The number of fused-ring (bicyclic) bond motifs is 1. The van der Waals surface area contributed by atoms with Crippen molar-refractivity contribution >= 4 is 46.6 Å². The van der Waals surface area contributed by atoms with E-state index in [1.165, 1.54) is 11.8 Å². The fraction of sp³-hybridized carbons (Fsp3) is 0.278. The lowest BCUT2D eigenvalue weighted by Gasteiger charge is -2.23. The van der Waals surface area contributed by atoms with Gasteiger partial charge in [-0.2, -0.15) is 0 Å². The van der Waals surface area contributed by atoms with Crippen molar-refractivity contribution in [2.75, 3.05) is 11.9 Å². The fourth-order valence-electron chi connectivity index (χ4n) is 2.48. The van der Waals surface area contributed by atoms with Crippen molar-refractivity contribution in [1.82, 2.24) is 5.32 Å². The Bertz CT molecular complexity index is 807. The van der Waals surface area contributed by atoms with Crippen LogP contribution in [-0.4, -0.2) is 29.6 Å². The number of thiophene rings is 1. The van der Waals surface area contributed by atoms with Gasteiger partial charge in [0.15, 0.2) is 6.61 Å². The van der Waals surface area contributed by atoms with E-state index in [2.05, 4.69) is 10.6 Å². The normalized spacial score (nSPS) is 17.0. The largest absolute Gasteiger partial charge is 0.456 e. The number of hydrogen-bond donors (Lipinski definition) is 2. The quantitative estimate of drug-likeness (QED) is 0.741. The standard InChI is InChI=1S/C18H18N2O4S2/c1-11(13-7-4-8-25-13)19-16(21)10-24-17(22)9-15-18(23)20-12-5-2-3-6-14(12)26-15/h2-8,11,15H,9-10H2,1H3,(H,19,21)(H,20,23)/t11-,15+/m0/s1. The van der Waals surface area contributed by atoms with Crippen LogP contribution < -0.4 is 10.6 Å². The summed E-state index contributed by atoms with van der Waals surface area (Å²) in [5.41, 5.74) is 0.744. The molecule has 0 aliphatic carbocycles. The lowest BCUT2D eigenvalue weighted by Crippen LogP contribution is -2.33. The molecule has 2 amide bonds. The number of benzene rings is 1. The molecule has 6 nitrogen and oxygen atoms in total. The van der Waals surface area contributed by atoms with Gasteiger partial charge in [0, 0.05) is 9.77 Å². The number of ether oxygens (including phenoxy) is 1. The van der Waals surface area contributed by atoms with Gasteiger partial charge in [-0.1, -0.05) is 18.2 Å². The van der Waals surface area contributed by atoms with E-state index < -0.39 is 11.2 Å². The fourth-order valence-corrected chi connectivity index (χ4v) is 4.30. The Morgan fingerprint density at radius 1 is 1.27 bits per heavy atom. The minimum Gasteiger partial charge on any atom is -0.456 e. The number of para-hydroxylation sites is 1. The van der Waals surface area contributed by atoms with Crippen molar-refractivity contribution in [3.8, 4) is 0 Å². The Hall–Kier alpha value is -2.32. The van der Waals surface area contributed by atoms with Crippen LogP contribution in [0.2, 0.25) is 0 Å². The summed E-state index contributed by atoms with van der Waals surface area (Å²) in [5, 5.41) is 6.92. The highest BCUT2D eigenvalue weighted by molar-refractivity contribution is 8.01. The van der Waals surface area contributed by atoms with Crippen LogP contribution in [0.5, 0.6) is 0 Å². The zero-order valence-electron chi connectivity index (χ0n) is 14.1. The van der Waals surface area contributed by atoms with Crippen LogP contribution in [0, 0.1) is 0 Å². The summed E-state index contributed by atoms with van der Waals surface area (Å²) in [6.45, 7) is 1.51. The average Bonchev–Trinajstić information content (AvgIpc) is 3.15. The lowest BCUT2D eigenvalue weighted by atomic mass is 10.2. The molecule has 0 saturated heterocycles. The Labute approximate surface area is 159 Å². The molecule has 1 aliphatic heterocycles. The first-order valence-electron chi connectivity index (χ1n) is 8.08. The van der Waals surface area contributed by atoms with Crippen molar-refractivity contribution in [3.05, 3.63) is 46.7 Å². The second-order valence-electron chi connectivity index (χ2n) is 5.76. The predicted molar refractivity (Wildman–Crippen MR) is 101 cm³/mol. The third-order valence-corrected chi connectivity index (χ3v) is 6.10. The highest BCUT2D eigenvalue weighted by Crippen LogP contribution is 2.36. The molecule has 0 spiro atoms. The van der Waals surface area contributed by atoms with Crippen molar-refractivity contribution < 1.29 is 19.1 Å². The van der Waals surface area contributed by atoms with E-state index in [1.54, 1.807) is 11.3 Å². The SMILES string of the molecule is C[C@H](NC(=O)COC(=O)C[C@H]1Sc2ccccc2NC1=O)c1cccs1. The predicted octanol–water partition coefficient (Wildman–Crippen LogP) is 2.97. The van der Waals surface area contributed by atoms with E-state index in [1.807, 2.05) is 48.7 Å². The molecule has 2 heterocycles. The van der Waals surface area contributed by atoms with Crippen LogP contribution in [0.15, 0.2) is 46.7 Å². The Balaban J connectivity index is 1.45. The molecular formula is C18H18N2O4S2. The number of rotatable bonds is 6. The Morgan fingerprint density at radius 3 is 2.85 bits per heavy atom. The van der Waals surface area contributed by atoms with Crippen LogP contribution in [0.1, 0.15) is 24.3 Å². The van der Waals surface area contributed by atoms with Gasteiger partial charge in [0.05, 0.1) is 23.4 Å². The maximum absolute atomic E-state index is 12.1. The van der Waals surface area contributed by atoms with Gasteiger partial charge in [0.25, 0.3) is 5.91 Å². The summed E-state index contributed by atoms with van der Waals surface area (Å²) in [6.07, 6.45) is -0.0847. The summed E-state index contributed by atoms with van der Waals surface area (Å²) in [7, 11) is 0. The summed E-state index contributed by atoms with van der Waals surface area (Å²) < 4.78 is 5.02. The lowest BCUT2D eigenvalue weighted by molar-refractivity contribution is -0.149. The molecule has 1 aliphatic rings. The van der Waals surface area contributed by atoms with E-state index in [0.29, 0.717) is 0 Å². The van der Waals surface area contributed by atoms with Gasteiger partial charge in [-0.3, -0.25) is 14.4 Å². The number of anilines is 1. The van der Waals surface area contributed by atoms with Gasteiger partial charge < -0.3 is 15.4 Å². The number of hydrogen-bond acceptors (Lipinski definition) is 6. The summed E-state index contributed by atoms with van der Waals surface area (Å²) >= 11 is 2.87. The van der Waals surface area contributed by atoms with Crippen molar-refractivity contribution in [2.45, 2.75) is 29.5 Å². The molecule has 136 valence electrons. The number of thioether (sulfide) groups is 1. The molecule has 3 rings (SSSR count). The number of amides is 2. The topological polar surface area (TPSA) is 84.5 Å². The van der Waals surface area contributed by atoms with Crippen molar-refractivity contribution in [2.24, 2.45) is 0 Å². The Kier molecular flexibility index (Phi) is 5.95. The van der Waals surface area contributed by atoms with Crippen molar-refractivity contribution in [3.63, 3.8) is 0 Å². The van der Waals surface area contributed by atoms with Crippen LogP contribution in [-0.2, 0) is 19.1 Å². The van der Waals surface area contributed by atoms with Gasteiger partial charge in [0.1, 0.15) is 0 Å². The molecule has 1 aromatic carbocycles. The monoisotopic (exact) mass is 390 g/mol. The molecule has 26 heavy (non-hydrogen) atoms. The highest BCUT2D eigenvalue weighted by Gasteiger charge is 2.29. The number of esters is 1. The number of carbonyl (C=O) groups excluding carboxylic acids is 3. The smallest absolute Gasteiger partial charge is 0.307 e. The average molecular weight is 390 g/mol. The molecule has 0 radical (unpaired) electrons. The summed E-state index contributed by atoms with van der Waals surface area (Å²) in [6, 6.07) is 11.1. The zero-order chi connectivity index (χ0) is 18.5. The second kappa shape index (κ2) is 8.37. The third-order valence-electron chi connectivity index (χ3n) is 3.77. The molecule has 0 bridgehead atoms. The maximum atomic E-state index is 12.1. The van der Waals surface area contributed by atoms with Crippen LogP contribution in [0.4, 0.5) is 5.69 Å². The molecule has 0 fully saturated rings. The molecule has 0 saturated carbocycles. The number of carbonyl (C=O) groups is 3. The van der Waals surface area contributed by atoms with E-state index in [-0.39, 0.29) is 30.9 Å². The maximum Gasteiger partial charge on any atom is 0.307 e. The third kappa shape index (κ3) is 4.64. The molecule has 2 N–H and O–H groups in total. The molecule has 8 heteroatoms. The molecule has 2 aromatic rings. The van der Waals surface area contributed by atoms with Gasteiger partial charge >= 0.3 is 5.97 Å².